The summed E-state index contributed by atoms with van der Waals surface area (Å²) in [5.74, 6) is 0.614. The van der Waals surface area contributed by atoms with Crippen molar-refractivity contribution >= 4 is 5.82 Å². The van der Waals surface area contributed by atoms with Gasteiger partial charge in [0, 0.05) is 6.54 Å². The molecule has 0 saturated carbocycles. The first kappa shape index (κ1) is 8.50. The molecule has 62 valence electrons. The van der Waals surface area contributed by atoms with E-state index in [2.05, 4.69) is 10.3 Å². The fourth-order valence-corrected chi connectivity index (χ4v) is 0.779. The summed E-state index contributed by atoms with van der Waals surface area (Å²) >= 11 is 0. The highest BCUT2D eigenvalue weighted by Crippen LogP contribution is 2.02. The quantitative estimate of drug-likeness (QED) is 0.675. The molecule has 0 fully saturated rings. The Morgan fingerprint density at radius 2 is 2.42 bits per heavy atom. The van der Waals surface area contributed by atoms with Crippen LogP contribution in [0.5, 0.6) is 0 Å². The molecule has 1 heterocycles. The van der Waals surface area contributed by atoms with Crippen LogP contribution >= 0.6 is 0 Å². The van der Waals surface area contributed by atoms with E-state index in [0.717, 1.165) is 0 Å². The van der Waals surface area contributed by atoms with Crippen molar-refractivity contribution in [2.45, 2.75) is 0 Å². The van der Waals surface area contributed by atoms with Gasteiger partial charge in [-0.15, -0.1) is 0 Å². The molecule has 0 aromatic carbocycles. The fraction of sp³-hybridized carbons (Fsp3) is 0.250. The van der Waals surface area contributed by atoms with Crippen LogP contribution in [-0.2, 0) is 0 Å². The van der Waals surface area contributed by atoms with Crippen LogP contribution in [0.3, 0.4) is 0 Å². The Labute approximate surface area is 70.5 Å². The van der Waals surface area contributed by atoms with E-state index in [1.807, 2.05) is 6.07 Å². The number of nitrogens with one attached hydrogen (secondary N) is 1. The summed E-state index contributed by atoms with van der Waals surface area (Å²) in [6.07, 6.45) is 0. The van der Waals surface area contributed by atoms with Gasteiger partial charge in [-0.25, -0.2) is 4.98 Å². The van der Waals surface area contributed by atoms with Gasteiger partial charge in [0.25, 0.3) is 0 Å². The highest BCUT2D eigenvalue weighted by atomic mass is 16.3. The van der Waals surface area contributed by atoms with Gasteiger partial charge in [0.05, 0.1) is 6.61 Å². The third-order valence-corrected chi connectivity index (χ3v) is 1.28. The number of aliphatic hydroxyl groups is 1. The van der Waals surface area contributed by atoms with Crippen LogP contribution in [0.25, 0.3) is 0 Å². The van der Waals surface area contributed by atoms with E-state index in [1.54, 1.807) is 18.2 Å². The van der Waals surface area contributed by atoms with Crippen molar-refractivity contribution in [2.75, 3.05) is 18.5 Å². The van der Waals surface area contributed by atoms with Crippen LogP contribution in [0.4, 0.5) is 5.82 Å². The number of pyridine rings is 1. The first-order valence-corrected chi connectivity index (χ1v) is 3.58. The van der Waals surface area contributed by atoms with Crippen molar-refractivity contribution in [2.24, 2.45) is 0 Å². The highest BCUT2D eigenvalue weighted by Gasteiger charge is 1.93. The smallest absolute Gasteiger partial charge is 0.142 e. The molecule has 4 nitrogen and oxygen atoms in total. The van der Waals surface area contributed by atoms with Crippen molar-refractivity contribution < 1.29 is 5.11 Å². The zero-order valence-electron chi connectivity index (χ0n) is 6.49. The normalized spacial score (nSPS) is 9.00. The second kappa shape index (κ2) is 4.31. The second-order valence-corrected chi connectivity index (χ2v) is 2.17. The Morgan fingerprint density at radius 3 is 3.08 bits per heavy atom. The van der Waals surface area contributed by atoms with Crippen molar-refractivity contribution in [3.8, 4) is 6.07 Å². The van der Waals surface area contributed by atoms with E-state index in [1.165, 1.54) is 0 Å². The molecule has 1 aromatic rings. The van der Waals surface area contributed by atoms with Gasteiger partial charge in [-0.2, -0.15) is 5.26 Å². The number of hydrogen-bond acceptors (Lipinski definition) is 4. The van der Waals surface area contributed by atoms with E-state index in [4.69, 9.17) is 10.4 Å². The minimum absolute atomic E-state index is 0.0540. The molecule has 0 aliphatic rings. The number of rotatable bonds is 3. The largest absolute Gasteiger partial charge is 0.395 e. The van der Waals surface area contributed by atoms with Gasteiger partial charge >= 0.3 is 0 Å². The molecule has 0 unspecified atom stereocenters. The Bertz CT molecular complexity index is 293. The van der Waals surface area contributed by atoms with Crippen LogP contribution in [0, 0.1) is 11.3 Å². The summed E-state index contributed by atoms with van der Waals surface area (Å²) in [6.45, 7) is 0.500. The monoisotopic (exact) mass is 163 g/mol. The maximum absolute atomic E-state index is 8.50. The maximum atomic E-state index is 8.50. The van der Waals surface area contributed by atoms with Crippen LogP contribution in [0.15, 0.2) is 18.2 Å². The number of nitriles is 1. The predicted octanol–water partition coefficient (Wildman–Crippen LogP) is 0.357. The molecule has 0 spiro atoms. The van der Waals surface area contributed by atoms with Crippen LogP contribution < -0.4 is 5.32 Å². The summed E-state index contributed by atoms with van der Waals surface area (Å²) in [5, 5.41) is 19.9. The minimum Gasteiger partial charge on any atom is -0.395 e. The lowest BCUT2D eigenvalue weighted by atomic mass is 10.3. The SMILES string of the molecule is N#Cc1cccc(NCCO)n1. The number of aromatic nitrogens is 1. The summed E-state index contributed by atoms with van der Waals surface area (Å²) < 4.78 is 0. The zero-order chi connectivity index (χ0) is 8.81. The number of hydrogen-bond donors (Lipinski definition) is 2. The lowest BCUT2D eigenvalue weighted by Gasteiger charge is -2.01. The molecule has 0 aliphatic carbocycles. The van der Waals surface area contributed by atoms with Gasteiger partial charge in [-0.3, -0.25) is 0 Å². The molecule has 0 bridgehead atoms. The highest BCUT2D eigenvalue weighted by molar-refractivity contribution is 5.38. The fourth-order valence-electron chi connectivity index (χ4n) is 0.779. The molecule has 0 amide bonds. The molecular weight excluding hydrogens is 154 g/mol. The molecule has 12 heavy (non-hydrogen) atoms. The average Bonchev–Trinajstić information content (AvgIpc) is 2.15. The summed E-state index contributed by atoms with van der Waals surface area (Å²) in [6, 6.07) is 7.05. The molecule has 0 aliphatic heterocycles. The first-order valence-electron chi connectivity index (χ1n) is 3.58. The van der Waals surface area contributed by atoms with Gasteiger partial charge < -0.3 is 10.4 Å². The Kier molecular flexibility index (Phi) is 3.05. The van der Waals surface area contributed by atoms with Crippen molar-refractivity contribution in [1.29, 1.82) is 5.26 Å². The molecule has 2 N–H and O–H groups in total. The molecule has 1 rings (SSSR count). The van der Waals surface area contributed by atoms with E-state index in [0.29, 0.717) is 18.1 Å². The summed E-state index contributed by atoms with van der Waals surface area (Å²) in [5.41, 5.74) is 0.373. The third-order valence-electron chi connectivity index (χ3n) is 1.28. The maximum Gasteiger partial charge on any atom is 0.142 e. The van der Waals surface area contributed by atoms with Crippen LogP contribution in [-0.4, -0.2) is 23.2 Å². The number of nitrogens with zero attached hydrogens (tertiary/aromatic N) is 2. The average molecular weight is 163 g/mol. The van der Waals surface area contributed by atoms with E-state index in [-0.39, 0.29) is 6.61 Å². The van der Waals surface area contributed by atoms with Crippen LogP contribution in [0.2, 0.25) is 0 Å². The molecule has 0 radical (unpaired) electrons. The topological polar surface area (TPSA) is 68.9 Å². The summed E-state index contributed by atoms with van der Waals surface area (Å²) in [4.78, 5) is 3.95. The number of anilines is 1. The summed E-state index contributed by atoms with van der Waals surface area (Å²) in [7, 11) is 0. The van der Waals surface area contributed by atoms with Crippen molar-refractivity contribution in [3.63, 3.8) is 0 Å². The van der Waals surface area contributed by atoms with E-state index < -0.39 is 0 Å². The van der Waals surface area contributed by atoms with E-state index in [9.17, 15) is 0 Å². The van der Waals surface area contributed by atoms with Gasteiger partial charge in [0.15, 0.2) is 0 Å². The molecule has 1 aromatic heterocycles. The minimum atomic E-state index is 0.0540. The predicted molar refractivity (Wildman–Crippen MR) is 44.5 cm³/mol. The Balaban J connectivity index is 2.68. The lowest BCUT2D eigenvalue weighted by molar-refractivity contribution is 0.311. The van der Waals surface area contributed by atoms with Gasteiger partial charge in [-0.1, -0.05) is 6.07 Å². The second-order valence-electron chi connectivity index (χ2n) is 2.17. The molecule has 4 heteroatoms. The molecule has 0 saturated heterocycles. The Morgan fingerprint density at radius 1 is 1.58 bits per heavy atom. The third kappa shape index (κ3) is 2.22. The van der Waals surface area contributed by atoms with Crippen molar-refractivity contribution in [1.82, 2.24) is 4.98 Å². The van der Waals surface area contributed by atoms with Gasteiger partial charge in [0.1, 0.15) is 17.6 Å². The van der Waals surface area contributed by atoms with Crippen LogP contribution in [0.1, 0.15) is 5.69 Å². The number of aliphatic hydroxyl groups excluding tert-OH is 1. The first-order chi connectivity index (χ1) is 5.86. The zero-order valence-corrected chi connectivity index (χ0v) is 6.49. The van der Waals surface area contributed by atoms with Gasteiger partial charge in [-0.05, 0) is 12.1 Å². The van der Waals surface area contributed by atoms with Gasteiger partial charge in [0.2, 0.25) is 0 Å². The Hall–Kier alpha value is -1.60. The molecule has 0 atom stereocenters. The van der Waals surface area contributed by atoms with Crippen molar-refractivity contribution in [3.05, 3.63) is 23.9 Å². The lowest BCUT2D eigenvalue weighted by Crippen LogP contribution is -2.06. The molecular formula is C8H9N3O. The standard InChI is InChI=1S/C8H9N3O/c9-6-7-2-1-3-8(11-7)10-4-5-12/h1-3,12H,4-5H2,(H,10,11). The van der Waals surface area contributed by atoms with E-state index >= 15 is 0 Å².